The Morgan fingerprint density at radius 1 is 0.410 bits per heavy atom. The predicted octanol–water partition coefficient (Wildman–Crippen LogP) is 15.4. The molecule has 288 valence electrons. The van der Waals surface area contributed by atoms with Gasteiger partial charge >= 0.3 is 0 Å². The molecule has 13 rings (SSSR count). The summed E-state index contributed by atoms with van der Waals surface area (Å²) in [5.41, 5.74) is 19.7. The number of rotatable bonds is 4. The summed E-state index contributed by atoms with van der Waals surface area (Å²) in [6.07, 6.45) is 0. The van der Waals surface area contributed by atoms with Crippen molar-refractivity contribution in [1.29, 1.82) is 0 Å². The summed E-state index contributed by atoms with van der Waals surface area (Å²) < 4.78 is 2.52. The van der Waals surface area contributed by atoms with E-state index in [1.54, 1.807) is 0 Å². The lowest BCUT2D eigenvalue weighted by Crippen LogP contribution is -2.37. The average molecular weight is 797 g/mol. The summed E-state index contributed by atoms with van der Waals surface area (Å²) in [4.78, 5) is 5.03. The highest BCUT2D eigenvalue weighted by atomic mass is 32.2. The van der Waals surface area contributed by atoms with Crippen LogP contribution in [-0.4, -0.2) is 4.57 Å². The van der Waals surface area contributed by atoms with Gasteiger partial charge < -0.3 is 9.47 Å². The molecule has 0 saturated carbocycles. The van der Waals surface area contributed by atoms with Gasteiger partial charge in [0.2, 0.25) is 0 Å². The second-order valence-electron chi connectivity index (χ2n) is 17.2. The maximum Gasteiger partial charge on any atom is 0.0764 e. The second-order valence-corrected chi connectivity index (χ2v) is 18.3. The molecule has 10 aromatic rings. The number of hydrogen-bond donors (Lipinski definition) is 0. The average Bonchev–Trinajstić information content (AvgIpc) is 3.77. The van der Waals surface area contributed by atoms with Gasteiger partial charge in [-0.2, -0.15) is 0 Å². The van der Waals surface area contributed by atoms with Crippen molar-refractivity contribution in [2.75, 3.05) is 4.90 Å². The van der Waals surface area contributed by atoms with Crippen LogP contribution >= 0.6 is 11.8 Å². The summed E-state index contributed by atoms with van der Waals surface area (Å²) in [6, 6.07) is 77.2. The fourth-order valence-electron chi connectivity index (χ4n) is 11.2. The quantitative estimate of drug-likeness (QED) is 0.175. The molecule has 2 aliphatic heterocycles. The predicted molar refractivity (Wildman–Crippen MR) is 254 cm³/mol. The minimum atomic E-state index is -0.526. The van der Waals surface area contributed by atoms with E-state index in [2.05, 4.69) is 230 Å². The Hall–Kier alpha value is -7.07. The summed E-state index contributed by atoms with van der Waals surface area (Å²) in [7, 11) is 0. The van der Waals surface area contributed by atoms with E-state index in [9.17, 15) is 0 Å². The number of benzene rings is 9. The molecule has 1 aromatic heterocycles. The van der Waals surface area contributed by atoms with Crippen LogP contribution in [0.15, 0.2) is 216 Å². The van der Waals surface area contributed by atoms with E-state index in [1.807, 2.05) is 11.8 Å². The van der Waals surface area contributed by atoms with E-state index in [4.69, 9.17) is 0 Å². The SMILES string of the molecule is CC1(C)c2ccccc2-c2ccc(N(c3ccc(-c4ccccc4)cc3)c3ccc4c(c3)Sc3ccccc3C43c4ccccc4-n4c5ccccc5c5cccc3c54)cc21. The van der Waals surface area contributed by atoms with Crippen LogP contribution < -0.4 is 4.90 Å². The molecule has 3 heteroatoms. The molecule has 0 radical (unpaired) electrons. The monoisotopic (exact) mass is 796 g/mol. The molecule has 2 nitrogen and oxygen atoms in total. The lowest BCUT2D eigenvalue weighted by Gasteiger charge is -2.45. The molecule has 9 aromatic carbocycles. The van der Waals surface area contributed by atoms with Crippen LogP contribution in [0.3, 0.4) is 0 Å². The molecule has 1 unspecified atom stereocenters. The molecule has 0 N–H and O–H groups in total. The van der Waals surface area contributed by atoms with Crippen LogP contribution in [0.1, 0.15) is 47.2 Å². The Morgan fingerprint density at radius 3 is 1.89 bits per heavy atom. The van der Waals surface area contributed by atoms with E-state index in [1.165, 1.54) is 92.9 Å². The number of nitrogens with zero attached hydrogens (tertiary/aromatic N) is 2. The van der Waals surface area contributed by atoms with Crippen LogP contribution in [-0.2, 0) is 10.8 Å². The second kappa shape index (κ2) is 12.7. The number of anilines is 3. The van der Waals surface area contributed by atoms with Crippen molar-refractivity contribution in [2.24, 2.45) is 0 Å². The van der Waals surface area contributed by atoms with Crippen molar-refractivity contribution in [1.82, 2.24) is 4.57 Å². The summed E-state index contributed by atoms with van der Waals surface area (Å²) in [6.45, 7) is 4.74. The standard InChI is InChI=1S/C58H40N2S/c1-57(2)46-20-8-6-17-42(46)43-33-31-40(35-51(43)57)59(39-29-27-38(28-30-39)37-15-4-3-5-16-37)41-32-34-49-55(36-41)61-54-26-13-10-22-48(54)58(49)47-21-9-12-25-53(47)60-52-24-11-7-18-44(52)45-19-14-23-50(58)56(45)60/h3-36H,1-2H3. The van der Waals surface area contributed by atoms with Crippen LogP contribution in [0.2, 0.25) is 0 Å². The normalized spacial score (nSPS) is 16.2. The zero-order valence-electron chi connectivity index (χ0n) is 33.9. The first-order valence-electron chi connectivity index (χ1n) is 21.3. The van der Waals surface area contributed by atoms with Crippen molar-refractivity contribution in [3.8, 4) is 27.9 Å². The topological polar surface area (TPSA) is 8.17 Å². The molecular weight excluding hydrogens is 757 g/mol. The molecule has 0 fully saturated rings. The Bertz CT molecular complexity index is 3430. The van der Waals surface area contributed by atoms with E-state index in [0.717, 1.165) is 17.1 Å². The van der Waals surface area contributed by atoms with Crippen LogP contribution in [0.4, 0.5) is 17.1 Å². The molecular formula is C58H40N2S. The summed E-state index contributed by atoms with van der Waals surface area (Å²) >= 11 is 1.90. The number of fused-ring (bicyclic) bond motifs is 14. The highest BCUT2D eigenvalue weighted by molar-refractivity contribution is 7.99. The fraction of sp³-hybridized carbons (Fsp3) is 0.0690. The van der Waals surface area contributed by atoms with Crippen molar-refractivity contribution >= 4 is 50.6 Å². The van der Waals surface area contributed by atoms with Gasteiger partial charge in [0, 0.05) is 43.0 Å². The van der Waals surface area contributed by atoms with Gasteiger partial charge in [-0.15, -0.1) is 0 Å². The molecule has 0 saturated heterocycles. The van der Waals surface area contributed by atoms with Crippen molar-refractivity contribution < 1.29 is 0 Å². The molecule has 1 atom stereocenters. The molecule has 61 heavy (non-hydrogen) atoms. The highest BCUT2D eigenvalue weighted by Crippen LogP contribution is 2.61. The zero-order chi connectivity index (χ0) is 40.5. The highest BCUT2D eigenvalue weighted by Gasteiger charge is 2.49. The summed E-state index contributed by atoms with van der Waals surface area (Å²) in [5, 5.41) is 2.58. The van der Waals surface area contributed by atoms with Gasteiger partial charge in [-0.1, -0.05) is 177 Å². The maximum absolute atomic E-state index is 2.52. The van der Waals surface area contributed by atoms with E-state index >= 15 is 0 Å². The van der Waals surface area contributed by atoms with Gasteiger partial charge in [-0.05, 0) is 110 Å². The number of para-hydroxylation sites is 3. The van der Waals surface area contributed by atoms with Gasteiger partial charge in [0.1, 0.15) is 0 Å². The Kier molecular flexibility index (Phi) is 7.25. The van der Waals surface area contributed by atoms with Crippen LogP contribution in [0.5, 0.6) is 0 Å². The van der Waals surface area contributed by atoms with Gasteiger partial charge in [0.05, 0.1) is 22.1 Å². The third-order valence-corrected chi connectivity index (χ3v) is 15.0. The van der Waals surface area contributed by atoms with Crippen LogP contribution in [0.25, 0.3) is 49.7 Å². The first-order valence-corrected chi connectivity index (χ1v) is 22.1. The van der Waals surface area contributed by atoms with Gasteiger partial charge in [-0.25, -0.2) is 0 Å². The molecule has 0 bridgehead atoms. The van der Waals surface area contributed by atoms with Gasteiger partial charge in [0.25, 0.3) is 0 Å². The van der Waals surface area contributed by atoms with Gasteiger partial charge in [-0.3, -0.25) is 0 Å². The molecule has 1 spiro atoms. The van der Waals surface area contributed by atoms with E-state index < -0.39 is 5.41 Å². The van der Waals surface area contributed by atoms with Crippen molar-refractivity contribution in [2.45, 2.75) is 34.5 Å². The Labute approximate surface area is 360 Å². The Balaban J connectivity index is 1.05. The third kappa shape index (κ3) is 4.70. The lowest BCUT2D eigenvalue weighted by molar-refractivity contribution is 0.660. The van der Waals surface area contributed by atoms with E-state index in [-0.39, 0.29) is 5.41 Å². The maximum atomic E-state index is 2.52. The van der Waals surface area contributed by atoms with Crippen LogP contribution in [0, 0.1) is 0 Å². The van der Waals surface area contributed by atoms with Crippen molar-refractivity contribution in [3.05, 3.63) is 240 Å². The molecule has 0 amide bonds. The largest absolute Gasteiger partial charge is 0.310 e. The minimum absolute atomic E-state index is 0.121. The first kappa shape index (κ1) is 34.8. The Morgan fingerprint density at radius 2 is 1.02 bits per heavy atom. The number of aromatic nitrogens is 1. The van der Waals surface area contributed by atoms with Crippen molar-refractivity contribution in [3.63, 3.8) is 0 Å². The molecule has 1 aliphatic carbocycles. The fourth-order valence-corrected chi connectivity index (χ4v) is 12.4. The third-order valence-electron chi connectivity index (χ3n) is 13.8. The number of hydrogen-bond acceptors (Lipinski definition) is 2. The minimum Gasteiger partial charge on any atom is -0.310 e. The smallest absolute Gasteiger partial charge is 0.0764 e. The van der Waals surface area contributed by atoms with E-state index in [0.29, 0.717) is 0 Å². The first-order chi connectivity index (χ1) is 30.0. The van der Waals surface area contributed by atoms with Gasteiger partial charge in [0.15, 0.2) is 0 Å². The molecule has 3 aliphatic rings. The zero-order valence-corrected chi connectivity index (χ0v) is 34.7. The lowest BCUT2D eigenvalue weighted by atomic mass is 9.63. The summed E-state index contributed by atoms with van der Waals surface area (Å²) in [5.74, 6) is 0. The molecule has 3 heterocycles.